The van der Waals surface area contributed by atoms with Gasteiger partial charge in [-0.1, -0.05) is 25.1 Å². The van der Waals surface area contributed by atoms with E-state index in [0.29, 0.717) is 23.4 Å². The van der Waals surface area contributed by atoms with Crippen LogP contribution in [0.1, 0.15) is 24.5 Å². The largest absolute Gasteiger partial charge is 0.493 e. The van der Waals surface area contributed by atoms with Crippen LogP contribution >= 0.6 is 11.8 Å². The Hall–Kier alpha value is -3.26. The van der Waals surface area contributed by atoms with Crippen molar-refractivity contribution in [1.82, 2.24) is 0 Å². The molecule has 3 rings (SSSR count). The number of carbonyl (C=O) groups excluding carboxylic acids is 2. The van der Waals surface area contributed by atoms with E-state index < -0.39 is 18.0 Å². The maximum Gasteiger partial charge on any atom is 0.344 e. The summed E-state index contributed by atoms with van der Waals surface area (Å²) in [5.74, 6) is -0.835. The number of anilines is 1. The number of nitrogens with zero attached hydrogens (tertiary/aromatic N) is 1. The van der Waals surface area contributed by atoms with Crippen LogP contribution in [0.5, 0.6) is 11.5 Å². The molecule has 7 nitrogen and oxygen atoms in total. The molecule has 1 aliphatic heterocycles. The van der Waals surface area contributed by atoms with Crippen LogP contribution < -0.4 is 14.4 Å². The zero-order valence-corrected chi connectivity index (χ0v) is 17.6. The van der Waals surface area contributed by atoms with E-state index >= 15 is 0 Å². The highest BCUT2D eigenvalue weighted by Crippen LogP contribution is 2.37. The highest BCUT2D eigenvalue weighted by atomic mass is 32.2. The summed E-state index contributed by atoms with van der Waals surface area (Å²) in [6.07, 6.45) is 0.906. The van der Waals surface area contributed by atoms with Gasteiger partial charge in [0.05, 0.1) is 17.7 Å². The van der Waals surface area contributed by atoms with Gasteiger partial charge < -0.3 is 14.6 Å². The standard InChI is InChI=1S/C22H21NO6S/c1-4-16(21(25)26)29-17-9-8-14(11-18(17)28-3)12-19-20(24)23(22(27)30-19)15-7-5-6-13(2)10-15/h5-12,16H,4H2,1-3H3,(H,25,26)/b19-12+. The van der Waals surface area contributed by atoms with E-state index in [1.807, 2.05) is 13.0 Å². The topological polar surface area (TPSA) is 93.1 Å². The second kappa shape index (κ2) is 9.04. The van der Waals surface area contributed by atoms with Gasteiger partial charge in [-0.15, -0.1) is 0 Å². The Kier molecular flexibility index (Phi) is 6.47. The lowest BCUT2D eigenvalue weighted by Gasteiger charge is -2.16. The van der Waals surface area contributed by atoms with Gasteiger partial charge in [-0.25, -0.2) is 9.69 Å². The van der Waals surface area contributed by atoms with E-state index in [-0.39, 0.29) is 15.9 Å². The number of thioether (sulfide) groups is 1. The molecule has 2 aromatic rings. The van der Waals surface area contributed by atoms with Crippen LogP contribution in [0.15, 0.2) is 47.4 Å². The zero-order valence-electron chi connectivity index (χ0n) is 16.7. The van der Waals surface area contributed by atoms with Gasteiger partial charge in [0.15, 0.2) is 17.6 Å². The van der Waals surface area contributed by atoms with Crippen molar-refractivity contribution >= 4 is 40.6 Å². The summed E-state index contributed by atoms with van der Waals surface area (Å²) in [4.78, 5) is 37.9. The van der Waals surface area contributed by atoms with Crippen LogP contribution in [0.3, 0.4) is 0 Å². The summed E-state index contributed by atoms with van der Waals surface area (Å²) in [6, 6.07) is 12.1. The van der Waals surface area contributed by atoms with Gasteiger partial charge in [0, 0.05) is 0 Å². The molecule has 0 bridgehead atoms. The first-order chi connectivity index (χ1) is 14.3. The fraction of sp³-hybridized carbons (Fsp3) is 0.227. The summed E-state index contributed by atoms with van der Waals surface area (Å²) < 4.78 is 10.8. The number of aryl methyl sites for hydroxylation is 1. The predicted octanol–water partition coefficient (Wildman–Crippen LogP) is 4.49. The predicted molar refractivity (Wildman–Crippen MR) is 115 cm³/mol. The monoisotopic (exact) mass is 427 g/mol. The Bertz CT molecular complexity index is 1030. The van der Waals surface area contributed by atoms with Crippen molar-refractivity contribution in [2.24, 2.45) is 0 Å². The van der Waals surface area contributed by atoms with E-state index in [1.54, 1.807) is 49.4 Å². The van der Waals surface area contributed by atoms with E-state index in [1.165, 1.54) is 7.11 Å². The molecule has 1 heterocycles. The third kappa shape index (κ3) is 4.49. The minimum Gasteiger partial charge on any atom is -0.493 e. The van der Waals surface area contributed by atoms with Crippen molar-refractivity contribution in [2.75, 3.05) is 12.0 Å². The molecule has 0 aromatic heterocycles. The van der Waals surface area contributed by atoms with Crippen molar-refractivity contribution in [3.63, 3.8) is 0 Å². The van der Waals surface area contributed by atoms with E-state index in [0.717, 1.165) is 22.2 Å². The van der Waals surface area contributed by atoms with Crippen molar-refractivity contribution in [1.29, 1.82) is 0 Å². The van der Waals surface area contributed by atoms with Gasteiger partial charge >= 0.3 is 5.97 Å². The van der Waals surface area contributed by atoms with Crippen molar-refractivity contribution in [3.05, 3.63) is 58.5 Å². The van der Waals surface area contributed by atoms with Crippen LogP contribution in [0.25, 0.3) is 6.08 Å². The number of rotatable bonds is 7. The lowest BCUT2D eigenvalue weighted by Crippen LogP contribution is -2.27. The fourth-order valence-electron chi connectivity index (χ4n) is 2.94. The first-order valence-corrected chi connectivity index (χ1v) is 10.1. The third-order valence-electron chi connectivity index (χ3n) is 4.45. The van der Waals surface area contributed by atoms with E-state index in [2.05, 4.69) is 0 Å². The van der Waals surface area contributed by atoms with Crippen LogP contribution in [0.4, 0.5) is 10.5 Å². The van der Waals surface area contributed by atoms with E-state index in [4.69, 9.17) is 9.47 Å². The Morgan fingerprint density at radius 1 is 1.20 bits per heavy atom. The molecular formula is C22H21NO6S. The smallest absolute Gasteiger partial charge is 0.344 e. The Morgan fingerprint density at radius 2 is 1.97 bits per heavy atom. The third-order valence-corrected chi connectivity index (χ3v) is 5.32. The second-order valence-corrected chi connectivity index (χ2v) is 7.61. The molecular weight excluding hydrogens is 406 g/mol. The van der Waals surface area contributed by atoms with Crippen LogP contribution in [-0.4, -0.2) is 35.4 Å². The molecule has 0 spiro atoms. The SMILES string of the molecule is CCC(Oc1ccc(/C=C2/SC(=O)N(c3cccc(C)c3)C2=O)cc1OC)C(=O)O. The summed E-state index contributed by atoms with van der Waals surface area (Å²) >= 11 is 0.862. The van der Waals surface area contributed by atoms with Gasteiger partial charge in [0.25, 0.3) is 11.1 Å². The van der Waals surface area contributed by atoms with E-state index in [9.17, 15) is 19.5 Å². The number of benzene rings is 2. The van der Waals surface area contributed by atoms with Crippen LogP contribution in [0.2, 0.25) is 0 Å². The number of amides is 2. The van der Waals surface area contributed by atoms with Gasteiger partial charge in [-0.3, -0.25) is 9.59 Å². The number of carboxylic acid groups (broad SMARTS) is 1. The highest BCUT2D eigenvalue weighted by molar-refractivity contribution is 8.19. The maximum absolute atomic E-state index is 12.8. The summed E-state index contributed by atoms with van der Waals surface area (Å²) in [6.45, 7) is 3.60. The molecule has 30 heavy (non-hydrogen) atoms. The number of imide groups is 1. The molecule has 1 atom stereocenters. The number of carboxylic acids is 1. The Balaban J connectivity index is 1.87. The first-order valence-electron chi connectivity index (χ1n) is 9.26. The van der Waals surface area contributed by atoms with Crippen molar-refractivity contribution in [3.8, 4) is 11.5 Å². The minimum atomic E-state index is -1.06. The van der Waals surface area contributed by atoms with Crippen molar-refractivity contribution in [2.45, 2.75) is 26.4 Å². The number of carbonyl (C=O) groups is 3. The second-order valence-electron chi connectivity index (χ2n) is 6.62. The molecule has 8 heteroatoms. The maximum atomic E-state index is 12.8. The van der Waals surface area contributed by atoms with Crippen molar-refractivity contribution < 1.29 is 29.0 Å². The lowest BCUT2D eigenvalue weighted by atomic mass is 10.1. The summed E-state index contributed by atoms with van der Waals surface area (Å²) in [7, 11) is 1.44. The normalized spacial score (nSPS) is 16.1. The van der Waals surface area contributed by atoms with Gasteiger partial charge in [-0.05, 0) is 66.6 Å². The quantitative estimate of drug-likeness (QED) is 0.651. The summed E-state index contributed by atoms with van der Waals surface area (Å²) in [5, 5.41) is 8.82. The summed E-state index contributed by atoms with van der Waals surface area (Å²) in [5.41, 5.74) is 2.10. The molecule has 1 unspecified atom stereocenters. The number of methoxy groups -OCH3 is 1. The van der Waals surface area contributed by atoms with Crippen LogP contribution in [-0.2, 0) is 9.59 Å². The molecule has 1 saturated heterocycles. The molecule has 1 aliphatic rings. The fourth-order valence-corrected chi connectivity index (χ4v) is 3.78. The molecule has 2 amide bonds. The molecule has 0 saturated carbocycles. The van der Waals surface area contributed by atoms with Crippen LogP contribution in [0, 0.1) is 6.92 Å². The molecule has 0 aliphatic carbocycles. The van der Waals surface area contributed by atoms with Gasteiger partial charge in [0.2, 0.25) is 0 Å². The number of hydrogen-bond donors (Lipinski definition) is 1. The number of aliphatic carboxylic acids is 1. The Morgan fingerprint density at radius 3 is 2.60 bits per heavy atom. The first kappa shape index (κ1) is 21.4. The minimum absolute atomic E-state index is 0.286. The average Bonchev–Trinajstić information content (AvgIpc) is 2.99. The zero-order chi connectivity index (χ0) is 21.8. The Labute approximate surface area is 178 Å². The average molecular weight is 427 g/mol. The molecule has 1 N–H and O–H groups in total. The number of hydrogen-bond acceptors (Lipinski definition) is 6. The molecule has 156 valence electrons. The van der Waals surface area contributed by atoms with Gasteiger partial charge in [0.1, 0.15) is 0 Å². The lowest BCUT2D eigenvalue weighted by molar-refractivity contribution is -0.145. The molecule has 2 aromatic carbocycles. The highest BCUT2D eigenvalue weighted by Gasteiger charge is 2.36. The molecule has 1 fully saturated rings. The van der Waals surface area contributed by atoms with Gasteiger partial charge in [-0.2, -0.15) is 0 Å². The molecule has 0 radical (unpaired) electrons. The number of ether oxygens (including phenoxy) is 2.